The fraction of sp³-hybridized carbons (Fsp3) is 0. The van der Waals surface area contributed by atoms with Crippen LogP contribution in [0.4, 0.5) is 5.82 Å². The van der Waals surface area contributed by atoms with Crippen molar-refractivity contribution in [2.45, 2.75) is 0 Å². The van der Waals surface area contributed by atoms with E-state index in [1.54, 1.807) is 6.20 Å². The summed E-state index contributed by atoms with van der Waals surface area (Å²) in [5.41, 5.74) is 9.55. The number of aromatic amines is 1. The van der Waals surface area contributed by atoms with E-state index < -0.39 is 8.09 Å². The molecule has 0 radical (unpaired) electrons. The summed E-state index contributed by atoms with van der Waals surface area (Å²) in [4.78, 5) is 18.9. The molecule has 0 fully saturated rings. The van der Waals surface area contributed by atoms with E-state index in [4.69, 9.17) is 9.05 Å². The molecule has 0 spiro atoms. The molecule has 10 aromatic carbocycles. The lowest BCUT2D eigenvalue weighted by Gasteiger charge is -2.23. The van der Waals surface area contributed by atoms with Gasteiger partial charge in [-0.05, 0) is 107 Å². The van der Waals surface area contributed by atoms with Crippen LogP contribution in [-0.2, 0) is 0 Å². The Morgan fingerprint density at radius 1 is 0.365 bits per heavy atom. The highest BCUT2D eigenvalue weighted by molar-refractivity contribution is 7.61. The second kappa shape index (κ2) is 15.0. The topological polar surface area (TPSA) is 67.7 Å². The minimum atomic E-state index is -4.24. The number of rotatable bonds is 6. The molecule has 2 N–H and O–H groups in total. The summed E-state index contributed by atoms with van der Waals surface area (Å²) in [5.74, 6) is 1.45. The summed E-state index contributed by atoms with van der Waals surface area (Å²) in [6.07, 6.45) is 1.78. The van der Waals surface area contributed by atoms with E-state index in [-0.39, 0.29) is 0 Å². The SMILES string of the molecule is [O-][P+]1(Nc2cccc[nH+]2)Oc2c(-c3ccc(-c4ccc5ccccc5c4)cc3)cc3ccccc3c2-c2c(c(-c3ccc(-c4ccc5ccccc5c4)cc3)cc3ccccc23)O1. The molecular weight excluding hydrogens is 792 g/mol. The highest BCUT2D eigenvalue weighted by Gasteiger charge is 2.47. The Balaban J connectivity index is 1.08. The second-order valence-corrected chi connectivity index (χ2v) is 17.6. The Kier molecular flexibility index (Phi) is 8.79. The molecular formula is C57H38N2O3P+. The molecule has 1 aromatic heterocycles. The molecule has 0 bridgehead atoms. The van der Waals surface area contributed by atoms with Crippen LogP contribution in [0.1, 0.15) is 0 Å². The van der Waals surface area contributed by atoms with Gasteiger partial charge in [-0.25, -0.2) is 4.98 Å². The molecule has 1 aliphatic rings. The number of hydrogen-bond acceptors (Lipinski definition) is 4. The predicted molar refractivity (Wildman–Crippen MR) is 258 cm³/mol. The van der Waals surface area contributed by atoms with E-state index in [1.165, 1.54) is 21.5 Å². The fourth-order valence-electron chi connectivity index (χ4n) is 9.11. The van der Waals surface area contributed by atoms with Crippen LogP contribution in [0.25, 0.3) is 98.7 Å². The van der Waals surface area contributed by atoms with E-state index in [2.05, 4.69) is 192 Å². The van der Waals surface area contributed by atoms with E-state index in [1.807, 2.05) is 30.3 Å². The fourth-order valence-corrected chi connectivity index (χ4v) is 10.5. The number of aromatic nitrogens is 1. The number of nitrogens with one attached hydrogen (secondary N) is 2. The van der Waals surface area contributed by atoms with Crippen molar-refractivity contribution < 1.29 is 18.9 Å². The van der Waals surface area contributed by atoms with Crippen molar-refractivity contribution in [1.82, 2.24) is 0 Å². The third-order valence-electron chi connectivity index (χ3n) is 12.2. The summed E-state index contributed by atoms with van der Waals surface area (Å²) >= 11 is 0. The molecule has 63 heavy (non-hydrogen) atoms. The molecule has 0 atom stereocenters. The van der Waals surface area contributed by atoms with Gasteiger partial charge in [-0.2, -0.15) is 0 Å². The van der Waals surface area contributed by atoms with E-state index >= 15 is 4.89 Å². The number of H-pyrrole nitrogens is 1. The Morgan fingerprint density at radius 2 is 0.762 bits per heavy atom. The lowest BCUT2D eigenvalue weighted by Crippen LogP contribution is -2.29. The average molecular weight is 830 g/mol. The Labute approximate surface area is 365 Å². The molecule has 0 unspecified atom stereocenters. The number of hydrogen-bond donors (Lipinski definition) is 1. The van der Waals surface area contributed by atoms with Crippen LogP contribution in [-0.4, -0.2) is 0 Å². The van der Waals surface area contributed by atoms with Gasteiger partial charge in [0, 0.05) is 28.3 Å². The minimum Gasteiger partial charge on any atom is -0.581 e. The molecule has 298 valence electrons. The van der Waals surface area contributed by atoms with Crippen molar-refractivity contribution in [3.05, 3.63) is 219 Å². The average Bonchev–Trinajstić information content (AvgIpc) is 3.48. The highest BCUT2D eigenvalue weighted by Crippen LogP contribution is 2.64. The largest absolute Gasteiger partial charge is 0.581 e. The first-order valence-electron chi connectivity index (χ1n) is 21.1. The zero-order chi connectivity index (χ0) is 41.9. The van der Waals surface area contributed by atoms with Gasteiger partial charge in [0.2, 0.25) is 0 Å². The maximum absolute atomic E-state index is 15.7. The summed E-state index contributed by atoms with van der Waals surface area (Å²) in [5, 5.41) is 11.9. The highest BCUT2D eigenvalue weighted by atomic mass is 31.2. The first kappa shape index (κ1) is 37.0. The molecule has 0 aliphatic carbocycles. The molecule has 11 aromatic rings. The molecule has 5 nitrogen and oxygen atoms in total. The van der Waals surface area contributed by atoms with E-state index in [9.17, 15) is 0 Å². The van der Waals surface area contributed by atoms with Crippen LogP contribution < -0.4 is 24.0 Å². The van der Waals surface area contributed by atoms with Crippen LogP contribution in [0.15, 0.2) is 219 Å². The smallest absolute Gasteiger partial charge is 0.504 e. The van der Waals surface area contributed by atoms with Crippen LogP contribution in [0.2, 0.25) is 0 Å². The zero-order valence-corrected chi connectivity index (χ0v) is 34.9. The van der Waals surface area contributed by atoms with Gasteiger partial charge in [0.15, 0.2) is 11.5 Å². The summed E-state index contributed by atoms with van der Waals surface area (Å²) in [6, 6.07) is 73.5. The number of pyridine rings is 1. The Hall–Kier alpha value is -7.82. The Morgan fingerprint density at radius 3 is 1.22 bits per heavy atom. The van der Waals surface area contributed by atoms with E-state index in [0.717, 1.165) is 77.2 Å². The van der Waals surface area contributed by atoms with Gasteiger partial charge in [-0.1, -0.05) is 181 Å². The summed E-state index contributed by atoms with van der Waals surface area (Å²) in [7, 11) is -4.24. The van der Waals surface area contributed by atoms with Crippen molar-refractivity contribution in [3.8, 4) is 67.1 Å². The van der Waals surface area contributed by atoms with Gasteiger partial charge in [-0.15, -0.1) is 0 Å². The summed E-state index contributed by atoms with van der Waals surface area (Å²) in [6.45, 7) is 0. The van der Waals surface area contributed by atoms with Crippen LogP contribution in [0, 0.1) is 0 Å². The lowest BCUT2D eigenvalue weighted by molar-refractivity contribution is -0.360. The van der Waals surface area contributed by atoms with Crippen LogP contribution in [0.3, 0.4) is 0 Å². The quantitative estimate of drug-likeness (QED) is 0.170. The number of anilines is 1. The normalized spacial score (nSPS) is 12.9. The maximum atomic E-state index is 15.7. The van der Waals surface area contributed by atoms with Gasteiger partial charge in [0.25, 0.3) is 0 Å². The van der Waals surface area contributed by atoms with Crippen molar-refractivity contribution in [2.24, 2.45) is 0 Å². The van der Waals surface area contributed by atoms with Crippen LogP contribution >= 0.6 is 8.09 Å². The standard InChI is InChI=1S/C57H37N2O3P/c60-63(59-53-19-9-10-32-58-53)61-56-51(41-26-20-39(21-27-41)45-30-24-37-11-1-3-13-43(37)33-45)35-47-15-5-7-17-49(47)54(56)55-50-18-8-6-16-48(50)36-52(57(55)62-63)42-28-22-40(23-29-42)46-31-25-38-12-2-4-14-44(38)34-46/h1-36H,(H,58,59,60)/p+1. The van der Waals surface area contributed by atoms with E-state index in [0.29, 0.717) is 17.3 Å². The van der Waals surface area contributed by atoms with Crippen molar-refractivity contribution in [2.75, 3.05) is 5.09 Å². The minimum absolute atomic E-state index is 0.478. The third kappa shape index (κ3) is 6.63. The zero-order valence-electron chi connectivity index (χ0n) is 34.0. The number of fused-ring (bicyclic) bond motifs is 9. The predicted octanol–water partition coefficient (Wildman–Crippen LogP) is 14.4. The molecule has 1 aliphatic heterocycles. The van der Waals surface area contributed by atoms with Gasteiger partial charge < -0.3 is 4.89 Å². The third-order valence-corrected chi connectivity index (χ3v) is 13.6. The van der Waals surface area contributed by atoms with Gasteiger partial charge in [-0.3, -0.25) is 9.05 Å². The lowest BCUT2D eigenvalue weighted by atomic mass is 9.86. The molecule has 12 rings (SSSR count). The van der Waals surface area contributed by atoms with Crippen molar-refractivity contribution in [1.29, 1.82) is 0 Å². The maximum Gasteiger partial charge on any atom is 0.504 e. The number of benzene rings is 10. The summed E-state index contributed by atoms with van der Waals surface area (Å²) < 4.78 is 13.9. The van der Waals surface area contributed by atoms with Crippen molar-refractivity contribution >= 4 is 57.0 Å². The second-order valence-electron chi connectivity index (χ2n) is 16.0. The van der Waals surface area contributed by atoms with Crippen molar-refractivity contribution in [3.63, 3.8) is 0 Å². The molecule has 6 heteroatoms. The van der Waals surface area contributed by atoms with Crippen LogP contribution in [0.5, 0.6) is 11.5 Å². The molecule has 0 saturated carbocycles. The monoisotopic (exact) mass is 829 g/mol. The first-order valence-corrected chi connectivity index (χ1v) is 22.6. The molecule has 0 amide bonds. The first-order chi connectivity index (χ1) is 31.0. The van der Waals surface area contributed by atoms with Gasteiger partial charge in [0.05, 0.1) is 6.20 Å². The molecule has 0 saturated heterocycles. The Bertz CT molecular complexity index is 3340. The van der Waals surface area contributed by atoms with Gasteiger partial charge in [0.1, 0.15) is 0 Å². The van der Waals surface area contributed by atoms with Gasteiger partial charge >= 0.3 is 13.9 Å². The molecule has 2 heterocycles.